The van der Waals surface area contributed by atoms with Crippen molar-refractivity contribution in [2.24, 2.45) is 0 Å². The van der Waals surface area contributed by atoms with Gasteiger partial charge in [0.05, 0.1) is 6.20 Å². The molecule has 1 amide bonds. The summed E-state index contributed by atoms with van der Waals surface area (Å²) in [5.74, 6) is 0.187. The van der Waals surface area contributed by atoms with Gasteiger partial charge < -0.3 is 4.90 Å². The van der Waals surface area contributed by atoms with Crippen LogP contribution in [0.1, 0.15) is 31.4 Å². The standard InChI is InChI=1S/C12H15FN2O/c1-9(16)15-6-4-10(5-7-15)12-3-2-11(13)8-14-12/h2-3,8,10H,4-7H2,1H3. The highest BCUT2D eigenvalue weighted by Gasteiger charge is 2.22. The third kappa shape index (κ3) is 2.38. The predicted molar refractivity (Wildman–Crippen MR) is 58.4 cm³/mol. The number of piperidine rings is 1. The third-order valence-electron chi connectivity index (χ3n) is 3.11. The van der Waals surface area contributed by atoms with Crippen LogP contribution in [0.2, 0.25) is 0 Å². The number of likely N-dealkylation sites (tertiary alicyclic amines) is 1. The lowest BCUT2D eigenvalue weighted by atomic mass is 9.93. The van der Waals surface area contributed by atoms with Gasteiger partial charge >= 0.3 is 0 Å². The summed E-state index contributed by atoms with van der Waals surface area (Å²) >= 11 is 0. The smallest absolute Gasteiger partial charge is 0.219 e. The minimum atomic E-state index is -0.301. The SMILES string of the molecule is CC(=O)N1CCC(c2ccc(F)cn2)CC1. The molecule has 0 atom stereocenters. The van der Waals surface area contributed by atoms with Crippen LogP contribution in [-0.2, 0) is 4.79 Å². The molecular formula is C12H15FN2O. The van der Waals surface area contributed by atoms with E-state index in [9.17, 15) is 9.18 Å². The predicted octanol–water partition coefficient (Wildman–Crippen LogP) is 1.95. The average molecular weight is 222 g/mol. The van der Waals surface area contributed by atoms with E-state index in [1.165, 1.54) is 12.3 Å². The number of pyridine rings is 1. The Balaban J connectivity index is 1.99. The molecule has 2 heterocycles. The van der Waals surface area contributed by atoms with Crippen LogP contribution < -0.4 is 0 Å². The van der Waals surface area contributed by atoms with E-state index in [0.29, 0.717) is 5.92 Å². The second-order valence-electron chi connectivity index (χ2n) is 4.18. The third-order valence-corrected chi connectivity index (χ3v) is 3.11. The second-order valence-corrected chi connectivity index (χ2v) is 4.18. The van der Waals surface area contributed by atoms with Gasteiger partial charge in [-0.25, -0.2) is 4.39 Å². The Morgan fingerprint density at radius 2 is 2.12 bits per heavy atom. The number of rotatable bonds is 1. The van der Waals surface area contributed by atoms with E-state index < -0.39 is 0 Å². The first-order valence-corrected chi connectivity index (χ1v) is 5.54. The van der Waals surface area contributed by atoms with Gasteiger partial charge in [0.25, 0.3) is 0 Å². The molecule has 0 radical (unpaired) electrons. The number of halogens is 1. The van der Waals surface area contributed by atoms with Gasteiger partial charge in [0, 0.05) is 31.6 Å². The fourth-order valence-electron chi connectivity index (χ4n) is 2.12. The minimum Gasteiger partial charge on any atom is -0.343 e. The van der Waals surface area contributed by atoms with Crippen molar-refractivity contribution >= 4 is 5.91 Å². The van der Waals surface area contributed by atoms with Gasteiger partial charge in [0.1, 0.15) is 5.82 Å². The van der Waals surface area contributed by atoms with Gasteiger partial charge in [-0.2, -0.15) is 0 Å². The van der Waals surface area contributed by atoms with Crippen molar-refractivity contribution in [2.75, 3.05) is 13.1 Å². The van der Waals surface area contributed by atoms with Crippen LogP contribution in [0.15, 0.2) is 18.3 Å². The van der Waals surface area contributed by atoms with Crippen LogP contribution in [-0.4, -0.2) is 28.9 Å². The van der Waals surface area contributed by atoms with E-state index in [1.807, 2.05) is 4.90 Å². The fraction of sp³-hybridized carbons (Fsp3) is 0.500. The summed E-state index contributed by atoms with van der Waals surface area (Å²) in [5, 5.41) is 0. The monoisotopic (exact) mass is 222 g/mol. The molecule has 0 aromatic carbocycles. The fourth-order valence-corrected chi connectivity index (χ4v) is 2.12. The Bertz CT molecular complexity index is 369. The molecule has 0 saturated carbocycles. The molecule has 3 nitrogen and oxygen atoms in total. The van der Waals surface area contributed by atoms with Crippen LogP contribution in [0.3, 0.4) is 0 Å². The van der Waals surface area contributed by atoms with Gasteiger partial charge in [-0.1, -0.05) is 0 Å². The Morgan fingerprint density at radius 3 is 2.62 bits per heavy atom. The molecule has 86 valence electrons. The zero-order chi connectivity index (χ0) is 11.5. The van der Waals surface area contributed by atoms with Crippen molar-refractivity contribution in [1.82, 2.24) is 9.88 Å². The van der Waals surface area contributed by atoms with Crippen LogP contribution in [0.5, 0.6) is 0 Å². The van der Waals surface area contributed by atoms with E-state index in [4.69, 9.17) is 0 Å². The van der Waals surface area contributed by atoms with Crippen LogP contribution in [0, 0.1) is 5.82 Å². The van der Waals surface area contributed by atoms with Crippen LogP contribution >= 0.6 is 0 Å². The van der Waals surface area contributed by atoms with E-state index in [0.717, 1.165) is 31.6 Å². The number of hydrogen-bond donors (Lipinski definition) is 0. The lowest BCUT2D eigenvalue weighted by Gasteiger charge is -2.30. The molecule has 0 spiro atoms. The largest absolute Gasteiger partial charge is 0.343 e. The first-order chi connectivity index (χ1) is 7.66. The zero-order valence-electron chi connectivity index (χ0n) is 9.32. The van der Waals surface area contributed by atoms with Crippen molar-refractivity contribution in [3.05, 3.63) is 29.8 Å². The molecule has 1 saturated heterocycles. The van der Waals surface area contributed by atoms with Crippen molar-refractivity contribution < 1.29 is 9.18 Å². The van der Waals surface area contributed by atoms with Crippen LogP contribution in [0.25, 0.3) is 0 Å². The summed E-state index contributed by atoms with van der Waals surface area (Å²) in [5.41, 5.74) is 0.935. The highest BCUT2D eigenvalue weighted by molar-refractivity contribution is 5.73. The number of carbonyl (C=O) groups excluding carboxylic acids is 1. The quantitative estimate of drug-likeness (QED) is 0.727. The highest BCUT2D eigenvalue weighted by atomic mass is 19.1. The second kappa shape index (κ2) is 4.60. The summed E-state index contributed by atoms with van der Waals surface area (Å²) in [4.78, 5) is 17.1. The molecule has 0 N–H and O–H groups in total. The van der Waals surface area contributed by atoms with Crippen molar-refractivity contribution in [3.8, 4) is 0 Å². The molecule has 2 rings (SSSR count). The Morgan fingerprint density at radius 1 is 1.44 bits per heavy atom. The normalized spacial score (nSPS) is 17.5. The molecule has 0 aliphatic carbocycles. The van der Waals surface area contributed by atoms with Gasteiger partial charge in [-0.15, -0.1) is 0 Å². The van der Waals surface area contributed by atoms with Gasteiger partial charge in [-0.3, -0.25) is 9.78 Å². The van der Waals surface area contributed by atoms with Gasteiger partial charge in [-0.05, 0) is 25.0 Å². The van der Waals surface area contributed by atoms with Crippen molar-refractivity contribution in [3.63, 3.8) is 0 Å². The minimum absolute atomic E-state index is 0.130. The summed E-state index contributed by atoms with van der Waals surface area (Å²) in [6, 6.07) is 3.18. The maximum absolute atomic E-state index is 12.7. The number of nitrogens with zero attached hydrogens (tertiary/aromatic N) is 2. The maximum atomic E-state index is 12.7. The summed E-state index contributed by atoms with van der Waals surface area (Å²) in [6.45, 7) is 3.15. The van der Waals surface area contributed by atoms with E-state index in [-0.39, 0.29) is 11.7 Å². The molecule has 16 heavy (non-hydrogen) atoms. The maximum Gasteiger partial charge on any atom is 0.219 e. The van der Waals surface area contributed by atoms with E-state index >= 15 is 0 Å². The molecular weight excluding hydrogens is 207 g/mol. The lowest BCUT2D eigenvalue weighted by Crippen LogP contribution is -2.36. The molecule has 1 aromatic heterocycles. The number of amides is 1. The Labute approximate surface area is 94.3 Å². The van der Waals surface area contributed by atoms with E-state index in [1.54, 1.807) is 13.0 Å². The zero-order valence-corrected chi connectivity index (χ0v) is 9.32. The number of hydrogen-bond acceptors (Lipinski definition) is 2. The number of carbonyl (C=O) groups is 1. The summed E-state index contributed by atoms with van der Waals surface area (Å²) < 4.78 is 12.7. The number of aromatic nitrogens is 1. The molecule has 1 fully saturated rings. The van der Waals surface area contributed by atoms with Gasteiger partial charge in [0.15, 0.2) is 0 Å². The van der Waals surface area contributed by atoms with Crippen molar-refractivity contribution in [2.45, 2.75) is 25.7 Å². The molecule has 0 bridgehead atoms. The van der Waals surface area contributed by atoms with E-state index in [2.05, 4.69) is 4.98 Å². The average Bonchev–Trinajstić information content (AvgIpc) is 2.30. The van der Waals surface area contributed by atoms with Crippen LogP contribution in [0.4, 0.5) is 4.39 Å². The molecule has 4 heteroatoms. The topological polar surface area (TPSA) is 33.2 Å². The molecule has 1 aromatic rings. The Hall–Kier alpha value is -1.45. The molecule has 0 unspecified atom stereocenters. The highest BCUT2D eigenvalue weighted by Crippen LogP contribution is 2.26. The van der Waals surface area contributed by atoms with Crippen molar-refractivity contribution in [1.29, 1.82) is 0 Å². The first kappa shape index (κ1) is 11.0. The lowest BCUT2D eigenvalue weighted by molar-refractivity contribution is -0.129. The summed E-state index contributed by atoms with van der Waals surface area (Å²) in [7, 11) is 0. The van der Waals surface area contributed by atoms with Gasteiger partial charge in [0.2, 0.25) is 5.91 Å². The first-order valence-electron chi connectivity index (χ1n) is 5.54. The molecule has 1 aliphatic heterocycles. The molecule has 1 aliphatic rings. The summed E-state index contributed by atoms with van der Waals surface area (Å²) in [6.07, 6.45) is 3.09. The Kier molecular flexibility index (Phi) is 3.17.